The zero-order valence-corrected chi connectivity index (χ0v) is 19.0. The Bertz CT molecular complexity index is 942. The van der Waals surface area contributed by atoms with Gasteiger partial charge in [0.25, 0.3) is 5.91 Å². The summed E-state index contributed by atoms with van der Waals surface area (Å²) in [6, 6.07) is 6.18. The van der Waals surface area contributed by atoms with Gasteiger partial charge in [0.05, 0.1) is 22.1 Å². The quantitative estimate of drug-likeness (QED) is 0.747. The Morgan fingerprint density at radius 2 is 1.83 bits per heavy atom. The van der Waals surface area contributed by atoms with E-state index in [-0.39, 0.29) is 10.8 Å². The SMILES string of the molecule is CC1CC(C)CN(S(=O)(=O)c2ccc(C(=O)NCc3csc(C(C)C)n3)cc2)C1. The van der Waals surface area contributed by atoms with Crippen LogP contribution in [-0.4, -0.2) is 36.7 Å². The lowest BCUT2D eigenvalue weighted by Gasteiger charge is -2.34. The molecule has 1 N–H and O–H groups in total. The molecule has 0 aliphatic carbocycles. The van der Waals surface area contributed by atoms with Gasteiger partial charge in [-0.15, -0.1) is 11.3 Å². The summed E-state index contributed by atoms with van der Waals surface area (Å²) in [6.45, 7) is 9.77. The lowest BCUT2D eigenvalue weighted by atomic mass is 9.94. The predicted molar refractivity (Wildman–Crippen MR) is 116 cm³/mol. The maximum absolute atomic E-state index is 12.9. The number of rotatable bonds is 6. The highest BCUT2D eigenvalue weighted by molar-refractivity contribution is 7.89. The molecular weight excluding hydrogens is 406 g/mol. The fourth-order valence-electron chi connectivity index (χ4n) is 3.67. The van der Waals surface area contributed by atoms with E-state index in [1.807, 2.05) is 5.38 Å². The number of nitrogens with zero attached hydrogens (tertiary/aromatic N) is 2. The monoisotopic (exact) mass is 435 g/mol. The average Bonchev–Trinajstić information content (AvgIpc) is 3.15. The molecule has 1 aromatic heterocycles. The van der Waals surface area contributed by atoms with Crippen LogP contribution < -0.4 is 5.32 Å². The minimum Gasteiger partial charge on any atom is -0.346 e. The van der Waals surface area contributed by atoms with Gasteiger partial charge in [-0.2, -0.15) is 4.31 Å². The van der Waals surface area contributed by atoms with E-state index >= 15 is 0 Å². The van der Waals surface area contributed by atoms with E-state index in [1.54, 1.807) is 27.8 Å². The first-order valence-electron chi connectivity index (χ1n) is 9.99. The molecule has 1 aliphatic heterocycles. The number of hydrogen-bond acceptors (Lipinski definition) is 5. The predicted octanol–water partition coefficient (Wildman–Crippen LogP) is 3.86. The molecule has 2 unspecified atom stereocenters. The molecule has 2 atom stereocenters. The van der Waals surface area contributed by atoms with Crippen LogP contribution in [0.2, 0.25) is 0 Å². The number of piperidine rings is 1. The van der Waals surface area contributed by atoms with Crippen LogP contribution in [0.3, 0.4) is 0 Å². The van der Waals surface area contributed by atoms with Crippen LogP contribution in [-0.2, 0) is 16.6 Å². The van der Waals surface area contributed by atoms with Gasteiger partial charge in [0.15, 0.2) is 0 Å². The van der Waals surface area contributed by atoms with E-state index < -0.39 is 10.0 Å². The van der Waals surface area contributed by atoms with Crippen molar-refractivity contribution in [3.63, 3.8) is 0 Å². The number of benzene rings is 1. The van der Waals surface area contributed by atoms with Crippen molar-refractivity contribution in [3.8, 4) is 0 Å². The first kappa shape index (κ1) is 21.9. The summed E-state index contributed by atoms with van der Waals surface area (Å²) < 4.78 is 27.5. The Morgan fingerprint density at radius 3 is 2.38 bits per heavy atom. The van der Waals surface area contributed by atoms with Crippen molar-refractivity contribution in [3.05, 3.63) is 45.9 Å². The fraction of sp³-hybridized carbons (Fsp3) is 0.524. The summed E-state index contributed by atoms with van der Waals surface area (Å²) in [7, 11) is -3.54. The van der Waals surface area contributed by atoms with Crippen molar-refractivity contribution >= 4 is 27.3 Å². The fourth-order valence-corrected chi connectivity index (χ4v) is 6.19. The van der Waals surface area contributed by atoms with Crippen LogP contribution in [0.25, 0.3) is 0 Å². The maximum atomic E-state index is 12.9. The lowest BCUT2D eigenvalue weighted by Crippen LogP contribution is -2.42. The molecule has 3 rings (SSSR count). The molecule has 2 aromatic rings. The molecule has 29 heavy (non-hydrogen) atoms. The number of sulfonamides is 1. The Hall–Kier alpha value is -1.77. The smallest absolute Gasteiger partial charge is 0.251 e. The highest BCUT2D eigenvalue weighted by atomic mass is 32.2. The topological polar surface area (TPSA) is 79.4 Å². The first-order valence-corrected chi connectivity index (χ1v) is 12.3. The van der Waals surface area contributed by atoms with Gasteiger partial charge in [0, 0.05) is 30.0 Å². The molecule has 6 nitrogen and oxygen atoms in total. The summed E-state index contributed by atoms with van der Waals surface area (Å²) in [4.78, 5) is 17.1. The molecule has 1 fully saturated rings. The standard InChI is InChI=1S/C21H29N3O3S2/c1-14(2)21-23-18(13-28-21)10-22-20(25)17-5-7-19(8-6-17)29(26,27)24-11-15(3)9-16(4)12-24/h5-8,13-16H,9-12H2,1-4H3,(H,22,25). The van der Waals surface area contributed by atoms with Crippen molar-refractivity contribution in [2.24, 2.45) is 11.8 Å². The van der Waals surface area contributed by atoms with E-state index in [1.165, 1.54) is 12.1 Å². The van der Waals surface area contributed by atoms with E-state index in [4.69, 9.17) is 0 Å². The number of amides is 1. The van der Waals surface area contributed by atoms with Gasteiger partial charge in [-0.05, 0) is 42.5 Å². The molecule has 8 heteroatoms. The Labute approximate surface area is 177 Å². The molecule has 2 heterocycles. The minimum absolute atomic E-state index is 0.233. The van der Waals surface area contributed by atoms with Crippen LogP contribution in [0, 0.1) is 11.8 Å². The molecule has 1 aromatic carbocycles. The van der Waals surface area contributed by atoms with Crippen molar-refractivity contribution in [2.75, 3.05) is 13.1 Å². The second-order valence-electron chi connectivity index (χ2n) is 8.31. The summed E-state index contributed by atoms with van der Waals surface area (Å²) in [6.07, 6.45) is 1.04. The summed E-state index contributed by atoms with van der Waals surface area (Å²) in [5.74, 6) is 0.819. The first-order chi connectivity index (χ1) is 13.7. The zero-order chi connectivity index (χ0) is 21.2. The molecule has 1 saturated heterocycles. The number of nitrogens with one attached hydrogen (secondary N) is 1. The lowest BCUT2D eigenvalue weighted by molar-refractivity contribution is 0.0950. The largest absolute Gasteiger partial charge is 0.346 e. The molecule has 0 saturated carbocycles. The molecule has 0 bridgehead atoms. The summed E-state index contributed by atoms with van der Waals surface area (Å²) in [5, 5.41) is 5.84. The van der Waals surface area contributed by atoms with Gasteiger partial charge in [-0.1, -0.05) is 27.7 Å². The van der Waals surface area contributed by atoms with E-state index in [9.17, 15) is 13.2 Å². The van der Waals surface area contributed by atoms with Gasteiger partial charge < -0.3 is 5.32 Å². The molecule has 0 radical (unpaired) electrons. The van der Waals surface area contributed by atoms with Gasteiger partial charge in [-0.3, -0.25) is 4.79 Å². The highest BCUT2D eigenvalue weighted by Crippen LogP contribution is 2.26. The Morgan fingerprint density at radius 1 is 1.21 bits per heavy atom. The van der Waals surface area contributed by atoms with Gasteiger partial charge in [0.2, 0.25) is 10.0 Å². The second-order valence-corrected chi connectivity index (χ2v) is 11.1. The van der Waals surface area contributed by atoms with Crippen LogP contribution in [0.4, 0.5) is 0 Å². The van der Waals surface area contributed by atoms with E-state index in [0.29, 0.717) is 43.0 Å². The Kier molecular flexibility index (Phi) is 6.76. The van der Waals surface area contributed by atoms with Crippen molar-refractivity contribution in [2.45, 2.75) is 51.5 Å². The van der Waals surface area contributed by atoms with Gasteiger partial charge >= 0.3 is 0 Å². The number of carbonyl (C=O) groups is 1. The second kappa shape index (κ2) is 8.93. The number of thiazole rings is 1. The third-order valence-electron chi connectivity index (χ3n) is 5.08. The van der Waals surface area contributed by atoms with Crippen molar-refractivity contribution < 1.29 is 13.2 Å². The summed E-state index contributed by atoms with van der Waals surface area (Å²) in [5.41, 5.74) is 1.27. The molecular formula is C21H29N3O3S2. The molecule has 0 spiro atoms. The van der Waals surface area contributed by atoms with Gasteiger partial charge in [0.1, 0.15) is 0 Å². The average molecular weight is 436 g/mol. The van der Waals surface area contributed by atoms with Crippen molar-refractivity contribution in [1.82, 2.24) is 14.6 Å². The maximum Gasteiger partial charge on any atom is 0.251 e. The van der Waals surface area contributed by atoms with Crippen LogP contribution in [0.1, 0.15) is 61.1 Å². The van der Waals surface area contributed by atoms with E-state index in [2.05, 4.69) is 38.0 Å². The number of aromatic nitrogens is 1. The Balaban J connectivity index is 1.64. The normalized spacial score (nSPS) is 20.7. The number of hydrogen-bond donors (Lipinski definition) is 1. The number of carbonyl (C=O) groups excluding carboxylic acids is 1. The van der Waals surface area contributed by atoms with Crippen LogP contribution >= 0.6 is 11.3 Å². The van der Waals surface area contributed by atoms with E-state index in [0.717, 1.165) is 17.1 Å². The highest BCUT2D eigenvalue weighted by Gasteiger charge is 2.31. The summed E-state index contributed by atoms with van der Waals surface area (Å²) >= 11 is 1.59. The third-order valence-corrected chi connectivity index (χ3v) is 8.12. The van der Waals surface area contributed by atoms with Crippen molar-refractivity contribution in [1.29, 1.82) is 0 Å². The van der Waals surface area contributed by atoms with Crippen LogP contribution in [0.5, 0.6) is 0 Å². The molecule has 158 valence electrons. The molecule has 1 amide bonds. The minimum atomic E-state index is -3.54. The zero-order valence-electron chi connectivity index (χ0n) is 17.4. The third kappa shape index (κ3) is 5.24. The van der Waals surface area contributed by atoms with Crippen LogP contribution in [0.15, 0.2) is 34.5 Å². The molecule has 1 aliphatic rings. The van der Waals surface area contributed by atoms with Gasteiger partial charge in [-0.25, -0.2) is 13.4 Å².